The number of halogens is 2. The molecule has 0 amide bonds. The molecular weight excluding hydrogens is 313 g/mol. The van der Waals surface area contributed by atoms with Crippen LogP contribution in [-0.4, -0.2) is 13.7 Å². The molecule has 0 saturated carbocycles. The first-order chi connectivity index (χ1) is 9.69. The number of benzene rings is 1. The smallest absolute Gasteiger partial charge is 0.122 e. The normalized spacial score (nSPS) is 15.6. The maximum atomic E-state index is 6.28. The van der Waals surface area contributed by atoms with Crippen molar-refractivity contribution in [3.05, 3.63) is 49.6 Å². The van der Waals surface area contributed by atoms with Crippen molar-refractivity contribution < 1.29 is 4.74 Å². The fourth-order valence-corrected chi connectivity index (χ4v) is 4.14. The maximum absolute atomic E-state index is 6.28. The highest BCUT2D eigenvalue weighted by molar-refractivity contribution is 7.20. The Bertz CT molecular complexity index is 626. The Balaban J connectivity index is 1.99. The second kappa shape index (κ2) is 5.94. The summed E-state index contributed by atoms with van der Waals surface area (Å²) in [6, 6.07) is 8.34. The fraction of sp³-hybridized carbons (Fsp3) is 0.333. The molecule has 3 rings (SSSR count). The van der Waals surface area contributed by atoms with Crippen molar-refractivity contribution >= 4 is 34.5 Å². The lowest BCUT2D eigenvalue weighted by Gasteiger charge is -2.21. The van der Waals surface area contributed by atoms with Gasteiger partial charge in [0.1, 0.15) is 5.75 Å². The molecule has 0 bridgehead atoms. The van der Waals surface area contributed by atoms with Gasteiger partial charge in [-0.1, -0.05) is 35.3 Å². The molecule has 106 valence electrons. The van der Waals surface area contributed by atoms with Gasteiger partial charge in [0.05, 0.1) is 21.3 Å². The van der Waals surface area contributed by atoms with Crippen LogP contribution in [-0.2, 0) is 6.42 Å². The molecule has 1 unspecified atom stereocenters. The standard InChI is InChI=1S/C15H15Cl2NOS/c1-18-14(11-8-13(16)20-15(11)17)10-4-5-12-9(7-10)3-2-6-19-12/h4-5,7-8,14,18H,2-3,6H2,1H3. The lowest BCUT2D eigenvalue weighted by atomic mass is 9.96. The molecule has 0 fully saturated rings. The average Bonchev–Trinajstić information content (AvgIpc) is 2.78. The van der Waals surface area contributed by atoms with Crippen LogP contribution in [0.4, 0.5) is 0 Å². The third kappa shape index (κ3) is 2.68. The van der Waals surface area contributed by atoms with Crippen LogP contribution in [0.2, 0.25) is 8.67 Å². The minimum atomic E-state index is 0.0541. The van der Waals surface area contributed by atoms with Gasteiger partial charge in [-0.3, -0.25) is 0 Å². The van der Waals surface area contributed by atoms with Crippen LogP contribution in [0.3, 0.4) is 0 Å². The van der Waals surface area contributed by atoms with E-state index in [0.717, 1.165) is 35.1 Å². The van der Waals surface area contributed by atoms with Crippen LogP contribution in [0.15, 0.2) is 24.3 Å². The van der Waals surface area contributed by atoms with E-state index >= 15 is 0 Å². The van der Waals surface area contributed by atoms with Crippen LogP contribution in [0.25, 0.3) is 0 Å². The van der Waals surface area contributed by atoms with Crippen molar-refractivity contribution in [1.82, 2.24) is 5.32 Å². The third-order valence-corrected chi connectivity index (χ3v) is 5.07. The van der Waals surface area contributed by atoms with Gasteiger partial charge in [-0.15, -0.1) is 11.3 Å². The zero-order valence-corrected chi connectivity index (χ0v) is 13.4. The topological polar surface area (TPSA) is 21.3 Å². The number of fused-ring (bicyclic) bond motifs is 1. The van der Waals surface area contributed by atoms with Crippen molar-refractivity contribution in [2.24, 2.45) is 0 Å². The predicted octanol–water partition coefficient (Wildman–Crippen LogP) is 4.69. The molecule has 2 aromatic rings. The van der Waals surface area contributed by atoms with Crippen molar-refractivity contribution in [2.75, 3.05) is 13.7 Å². The number of hydrogen-bond donors (Lipinski definition) is 1. The molecule has 1 aromatic heterocycles. The van der Waals surface area contributed by atoms with Gasteiger partial charge < -0.3 is 10.1 Å². The highest BCUT2D eigenvalue weighted by Crippen LogP contribution is 2.38. The summed E-state index contributed by atoms with van der Waals surface area (Å²) in [6.45, 7) is 0.813. The van der Waals surface area contributed by atoms with Crippen LogP contribution >= 0.6 is 34.5 Å². The van der Waals surface area contributed by atoms with Crippen LogP contribution in [0, 0.1) is 0 Å². The molecule has 0 radical (unpaired) electrons. The molecule has 1 atom stereocenters. The largest absolute Gasteiger partial charge is 0.493 e. The number of nitrogens with one attached hydrogen (secondary N) is 1. The first-order valence-electron chi connectivity index (χ1n) is 6.56. The van der Waals surface area contributed by atoms with Gasteiger partial charge in [0.15, 0.2) is 0 Å². The molecule has 20 heavy (non-hydrogen) atoms. The van der Waals surface area contributed by atoms with Crippen molar-refractivity contribution in [1.29, 1.82) is 0 Å². The zero-order chi connectivity index (χ0) is 14.1. The Kier molecular flexibility index (Phi) is 4.22. The first-order valence-corrected chi connectivity index (χ1v) is 8.14. The monoisotopic (exact) mass is 327 g/mol. The quantitative estimate of drug-likeness (QED) is 0.883. The van der Waals surface area contributed by atoms with E-state index in [1.807, 2.05) is 13.1 Å². The van der Waals surface area contributed by atoms with E-state index in [2.05, 4.69) is 23.5 Å². The zero-order valence-electron chi connectivity index (χ0n) is 11.1. The summed E-state index contributed by atoms with van der Waals surface area (Å²) in [5, 5.41) is 3.32. The molecule has 1 aromatic carbocycles. The SMILES string of the molecule is CNC(c1ccc2c(c1)CCCO2)c1cc(Cl)sc1Cl. The molecule has 0 spiro atoms. The van der Waals surface area contributed by atoms with Crippen molar-refractivity contribution in [3.63, 3.8) is 0 Å². The van der Waals surface area contributed by atoms with E-state index in [1.54, 1.807) is 0 Å². The Hall–Kier alpha value is -0.740. The molecule has 2 heterocycles. The number of ether oxygens (including phenoxy) is 1. The lowest BCUT2D eigenvalue weighted by Crippen LogP contribution is -2.18. The first kappa shape index (κ1) is 14.2. The minimum absolute atomic E-state index is 0.0541. The number of thiophene rings is 1. The van der Waals surface area contributed by atoms with Crippen molar-refractivity contribution in [3.8, 4) is 5.75 Å². The third-order valence-electron chi connectivity index (χ3n) is 3.55. The van der Waals surface area contributed by atoms with Crippen LogP contribution in [0.5, 0.6) is 5.75 Å². The molecule has 2 nitrogen and oxygen atoms in total. The van der Waals surface area contributed by atoms with Gasteiger partial charge in [0.25, 0.3) is 0 Å². The summed E-state index contributed by atoms with van der Waals surface area (Å²) in [6.07, 6.45) is 2.14. The molecule has 0 saturated heterocycles. The van der Waals surface area contributed by atoms with Gasteiger partial charge >= 0.3 is 0 Å². The summed E-state index contributed by atoms with van der Waals surface area (Å²) in [5.74, 6) is 1.00. The van der Waals surface area contributed by atoms with Gasteiger partial charge in [0, 0.05) is 5.56 Å². The second-order valence-electron chi connectivity index (χ2n) is 4.82. The van der Waals surface area contributed by atoms with E-state index in [4.69, 9.17) is 27.9 Å². The summed E-state index contributed by atoms with van der Waals surface area (Å²) >= 11 is 13.7. The molecule has 1 N–H and O–H groups in total. The van der Waals surface area contributed by atoms with Gasteiger partial charge in [-0.05, 0) is 43.1 Å². The molecular formula is C15H15Cl2NOS. The molecule has 1 aliphatic rings. The molecule has 5 heteroatoms. The highest BCUT2D eigenvalue weighted by atomic mass is 35.5. The number of hydrogen-bond acceptors (Lipinski definition) is 3. The fourth-order valence-electron chi connectivity index (χ4n) is 2.61. The van der Waals surface area contributed by atoms with E-state index in [-0.39, 0.29) is 6.04 Å². The number of aryl methyl sites for hydroxylation is 1. The van der Waals surface area contributed by atoms with Crippen LogP contribution in [0.1, 0.15) is 29.2 Å². The van der Waals surface area contributed by atoms with Gasteiger partial charge in [-0.2, -0.15) is 0 Å². The molecule has 0 aliphatic carbocycles. The average molecular weight is 328 g/mol. The predicted molar refractivity (Wildman–Crippen MR) is 85.5 cm³/mol. The number of rotatable bonds is 3. The van der Waals surface area contributed by atoms with E-state index in [1.165, 1.54) is 22.5 Å². The molecule has 1 aliphatic heterocycles. The lowest BCUT2D eigenvalue weighted by molar-refractivity contribution is 0.288. The Morgan fingerprint density at radius 3 is 2.85 bits per heavy atom. The van der Waals surface area contributed by atoms with E-state index in [9.17, 15) is 0 Å². The Morgan fingerprint density at radius 1 is 1.30 bits per heavy atom. The minimum Gasteiger partial charge on any atom is -0.493 e. The van der Waals surface area contributed by atoms with E-state index < -0.39 is 0 Å². The van der Waals surface area contributed by atoms with Gasteiger partial charge in [0.2, 0.25) is 0 Å². The second-order valence-corrected chi connectivity index (χ2v) is 7.11. The van der Waals surface area contributed by atoms with Crippen molar-refractivity contribution in [2.45, 2.75) is 18.9 Å². The summed E-state index contributed by atoms with van der Waals surface area (Å²) in [5.41, 5.74) is 3.49. The van der Waals surface area contributed by atoms with E-state index in [0.29, 0.717) is 4.34 Å². The summed E-state index contributed by atoms with van der Waals surface area (Å²) in [7, 11) is 1.93. The van der Waals surface area contributed by atoms with Crippen LogP contribution < -0.4 is 10.1 Å². The highest BCUT2D eigenvalue weighted by Gasteiger charge is 2.20. The Morgan fingerprint density at radius 2 is 2.15 bits per heavy atom. The summed E-state index contributed by atoms with van der Waals surface area (Å²) in [4.78, 5) is 0. The van der Waals surface area contributed by atoms with Gasteiger partial charge in [-0.25, -0.2) is 0 Å². The Labute approximate surface area is 132 Å². The summed E-state index contributed by atoms with van der Waals surface area (Å²) < 4.78 is 7.11. The maximum Gasteiger partial charge on any atom is 0.122 e.